The summed E-state index contributed by atoms with van der Waals surface area (Å²) in [5.41, 5.74) is 0.405. The molecular formula is C16H18N2O4S. The zero-order valence-corrected chi connectivity index (χ0v) is 13.3. The molecule has 0 radical (unpaired) electrons. The van der Waals surface area contributed by atoms with Crippen molar-refractivity contribution in [1.29, 1.82) is 0 Å². The summed E-state index contributed by atoms with van der Waals surface area (Å²) in [6.07, 6.45) is 0. The molecule has 1 aliphatic rings. The number of para-hydroxylation sites is 3. The first-order valence-electron chi connectivity index (χ1n) is 7.33. The van der Waals surface area contributed by atoms with E-state index in [4.69, 9.17) is 9.47 Å². The van der Waals surface area contributed by atoms with Gasteiger partial charge in [-0.1, -0.05) is 30.3 Å². The van der Waals surface area contributed by atoms with E-state index in [0.717, 1.165) is 0 Å². The topological polar surface area (TPSA) is 67.9 Å². The van der Waals surface area contributed by atoms with Crippen LogP contribution < -0.4 is 9.46 Å². The lowest BCUT2D eigenvalue weighted by Gasteiger charge is -2.26. The lowest BCUT2D eigenvalue weighted by molar-refractivity contribution is 0.0733. The number of nitrogens with zero attached hydrogens (tertiary/aromatic N) is 1. The molecule has 2 aromatic rings. The summed E-state index contributed by atoms with van der Waals surface area (Å²) >= 11 is 0. The summed E-state index contributed by atoms with van der Waals surface area (Å²) in [7, 11) is -3.63. The van der Waals surface area contributed by atoms with Crippen LogP contribution in [0, 0.1) is 0 Å². The zero-order chi connectivity index (χ0) is 16.1. The van der Waals surface area contributed by atoms with Gasteiger partial charge in [0.15, 0.2) is 5.75 Å². The molecule has 0 spiro atoms. The van der Waals surface area contributed by atoms with Crippen LogP contribution in [0.15, 0.2) is 54.6 Å². The van der Waals surface area contributed by atoms with Crippen LogP contribution in [0.3, 0.4) is 0 Å². The molecule has 3 rings (SSSR count). The van der Waals surface area contributed by atoms with Crippen LogP contribution in [0.4, 0.5) is 5.69 Å². The molecule has 0 atom stereocenters. The van der Waals surface area contributed by atoms with Crippen molar-refractivity contribution in [3.05, 3.63) is 54.6 Å². The smallest absolute Gasteiger partial charge is 0.301 e. The fourth-order valence-corrected chi connectivity index (χ4v) is 3.45. The number of benzene rings is 2. The fourth-order valence-electron chi connectivity index (χ4n) is 2.25. The quantitative estimate of drug-likeness (QED) is 0.912. The van der Waals surface area contributed by atoms with Crippen molar-refractivity contribution in [2.45, 2.75) is 0 Å². The molecule has 0 saturated carbocycles. The largest absolute Gasteiger partial charge is 0.455 e. The maximum Gasteiger partial charge on any atom is 0.301 e. The van der Waals surface area contributed by atoms with E-state index in [1.54, 1.807) is 24.3 Å². The van der Waals surface area contributed by atoms with E-state index in [1.165, 1.54) is 4.31 Å². The van der Waals surface area contributed by atoms with Crippen molar-refractivity contribution in [2.75, 3.05) is 31.0 Å². The van der Waals surface area contributed by atoms with Gasteiger partial charge in [0, 0.05) is 13.1 Å². The fraction of sp³-hybridized carbons (Fsp3) is 0.250. The van der Waals surface area contributed by atoms with Gasteiger partial charge in [-0.3, -0.25) is 4.72 Å². The van der Waals surface area contributed by atoms with Gasteiger partial charge in [0.2, 0.25) is 0 Å². The first-order valence-corrected chi connectivity index (χ1v) is 8.77. The minimum Gasteiger partial charge on any atom is -0.455 e. The van der Waals surface area contributed by atoms with Gasteiger partial charge in [0.25, 0.3) is 0 Å². The Morgan fingerprint density at radius 2 is 1.61 bits per heavy atom. The highest BCUT2D eigenvalue weighted by Crippen LogP contribution is 2.30. The summed E-state index contributed by atoms with van der Waals surface area (Å²) in [6.45, 7) is 1.50. The SMILES string of the molecule is O=S(=O)(Nc1ccccc1Oc1ccccc1)N1CCOCC1. The average molecular weight is 334 g/mol. The minimum atomic E-state index is -3.63. The molecule has 1 fully saturated rings. The minimum absolute atomic E-state index is 0.344. The summed E-state index contributed by atoms with van der Waals surface area (Å²) in [5, 5.41) is 0. The van der Waals surface area contributed by atoms with E-state index >= 15 is 0 Å². The zero-order valence-electron chi connectivity index (χ0n) is 12.5. The number of morpholine rings is 1. The molecule has 23 heavy (non-hydrogen) atoms. The first kappa shape index (κ1) is 15.8. The molecular weight excluding hydrogens is 316 g/mol. The molecule has 1 saturated heterocycles. The van der Waals surface area contributed by atoms with Crippen LogP contribution in [-0.2, 0) is 14.9 Å². The number of hydrogen-bond acceptors (Lipinski definition) is 4. The van der Waals surface area contributed by atoms with Gasteiger partial charge in [-0.15, -0.1) is 0 Å². The molecule has 6 nitrogen and oxygen atoms in total. The van der Waals surface area contributed by atoms with E-state index in [2.05, 4.69) is 4.72 Å². The Bertz CT molecular complexity index is 744. The van der Waals surface area contributed by atoms with Gasteiger partial charge in [0.1, 0.15) is 5.75 Å². The molecule has 2 aromatic carbocycles. The summed E-state index contributed by atoms with van der Waals surface area (Å²) in [5.74, 6) is 1.10. The molecule has 0 aliphatic carbocycles. The molecule has 0 amide bonds. The normalized spacial score (nSPS) is 16.0. The molecule has 1 N–H and O–H groups in total. The first-order chi connectivity index (χ1) is 11.1. The van der Waals surface area contributed by atoms with Crippen molar-refractivity contribution in [3.63, 3.8) is 0 Å². The highest BCUT2D eigenvalue weighted by Gasteiger charge is 2.25. The number of hydrogen-bond donors (Lipinski definition) is 1. The maximum atomic E-state index is 12.5. The molecule has 1 heterocycles. The Morgan fingerprint density at radius 1 is 0.957 bits per heavy atom. The lowest BCUT2D eigenvalue weighted by Crippen LogP contribution is -2.43. The van der Waals surface area contributed by atoms with E-state index in [9.17, 15) is 8.42 Å². The predicted molar refractivity (Wildman–Crippen MR) is 87.9 cm³/mol. The van der Waals surface area contributed by atoms with Crippen molar-refractivity contribution in [2.24, 2.45) is 0 Å². The van der Waals surface area contributed by atoms with Crippen molar-refractivity contribution in [3.8, 4) is 11.5 Å². The van der Waals surface area contributed by atoms with E-state index in [-0.39, 0.29) is 0 Å². The monoisotopic (exact) mass is 334 g/mol. The van der Waals surface area contributed by atoms with E-state index in [0.29, 0.717) is 43.5 Å². The molecule has 1 aliphatic heterocycles. The van der Waals surface area contributed by atoms with Crippen LogP contribution >= 0.6 is 0 Å². The second-order valence-electron chi connectivity index (χ2n) is 5.03. The van der Waals surface area contributed by atoms with Gasteiger partial charge in [-0.2, -0.15) is 12.7 Å². The number of anilines is 1. The molecule has 0 bridgehead atoms. The van der Waals surface area contributed by atoms with Crippen molar-refractivity contribution >= 4 is 15.9 Å². The van der Waals surface area contributed by atoms with Crippen LogP contribution in [0.25, 0.3) is 0 Å². The third-order valence-electron chi connectivity index (χ3n) is 3.41. The number of rotatable bonds is 5. The van der Waals surface area contributed by atoms with Crippen LogP contribution in [-0.4, -0.2) is 39.0 Å². The molecule has 7 heteroatoms. The van der Waals surface area contributed by atoms with Gasteiger partial charge >= 0.3 is 10.2 Å². The van der Waals surface area contributed by atoms with Crippen molar-refractivity contribution in [1.82, 2.24) is 4.31 Å². The molecule has 122 valence electrons. The summed E-state index contributed by atoms with van der Waals surface area (Å²) in [6, 6.07) is 16.2. The maximum absolute atomic E-state index is 12.5. The lowest BCUT2D eigenvalue weighted by atomic mass is 10.3. The third-order valence-corrected chi connectivity index (χ3v) is 4.93. The molecule has 0 unspecified atom stereocenters. The summed E-state index contributed by atoms with van der Waals surface area (Å²) in [4.78, 5) is 0. The highest BCUT2D eigenvalue weighted by molar-refractivity contribution is 7.90. The van der Waals surface area contributed by atoms with Gasteiger partial charge in [0.05, 0.1) is 18.9 Å². The Kier molecular flexibility index (Phi) is 4.80. The Hall–Kier alpha value is -2.09. The average Bonchev–Trinajstić information content (AvgIpc) is 2.58. The second kappa shape index (κ2) is 6.99. The Morgan fingerprint density at radius 3 is 2.35 bits per heavy atom. The molecule has 0 aromatic heterocycles. The van der Waals surface area contributed by atoms with E-state index in [1.807, 2.05) is 30.3 Å². The number of ether oxygens (including phenoxy) is 2. The summed E-state index contributed by atoms with van der Waals surface area (Å²) < 4.78 is 39.9. The van der Waals surface area contributed by atoms with Crippen LogP contribution in [0.5, 0.6) is 11.5 Å². The Labute approximate surface area is 135 Å². The van der Waals surface area contributed by atoms with Gasteiger partial charge in [-0.05, 0) is 24.3 Å². The van der Waals surface area contributed by atoms with Gasteiger partial charge in [-0.25, -0.2) is 0 Å². The Balaban J connectivity index is 1.80. The third kappa shape index (κ3) is 4.01. The highest BCUT2D eigenvalue weighted by atomic mass is 32.2. The van der Waals surface area contributed by atoms with Gasteiger partial charge < -0.3 is 9.47 Å². The second-order valence-corrected chi connectivity index (χ2v) is 6.70. The van der Waals surface area contributed by atoms with Crippen molar-refractivity contribution < 1.29 is 17.9 Å². The number of nitrogens with one attached hydrogen (secondary N) is 1. The van der Waals surface area contributed by atoms with E-state index < -0.39 is 10.2 Å². The van der Waals surface area contributed by atoms with Crippen LogP contribution in [0.1, 0.15) is 0 Å². The van der Waals surface area contributed by atoms with Crippen LogP contribution in [0.2, 0.25) is 0 Å². The predicted octanol–water partition coefficient (Wildman–Crippen LogP) is 2.47. The standard InChI is InChI=1S/C16H18N2O4S/c19-23(20,18-10-12-21-13-11-18)17-15-8-4-5-9-16(15)22-14-6-2-1-3-7-14/h1-9,17H,10-13H2.